The summed E-state index contributed by atoms with van der Waals surface area (Å²) in [4.78, 5) is 13.0. The SMILES string of the molecule is COCCn1c(S[C@H](C)C(=O)c2cc(C)ccc2C)nnc1-c1ccc(Cl)cc1. The number of carbonyl (C=O) groups excluding carboxylic acids is 1. The average molecular weight is 430 g/mol. The minimum absolute atomic E-state index is 0.0885. The predicted molar refractivity (Wildman–Crippen MR) is 118 cm³/mol. The average Bonchev–Trinajstić information content (AvgIpc) is 3.10. The lowest BCUT2D eigenvalue weighted by Crippen LogP contribution is -2.17. The molecule has 0 unspecified atom stereocenters. The maximum atomic E-state index is 13.0. The van der Waals surface area contributed by atoms with E-state index in [0.29, 0.717) is 23.3 Å². The highest BCUT2D eigenvalue weighted by molar-refractivity contribution is 8.00. The number of nitrogens with zero attached hydrogens (tertiary/aromatic N) is 3. The molecule has 0 N–H and O–H groups in total. The van der Waals surface area contributed by atoms with E-state index in [1.807, 2.05) is 67.8 Å². The molecule has 0 aliphatic rings. The van der Waals surface area contributed by atoms with Crippen LogP contribution in [0.1, 0.15) is 28.4 Å². The van der Waals surface area contributed by atoms with Crippen molar-refractivity contribution in [3.63, 3.8) is 0 Å². The standard InChI is InChI=1S/C22H24ClN3O2S/c1-14-5-6-15(2)19(13-14)20(27)16(3)29-22-25-24-21(26(22)11-12-28-4)17-7-9-18(23)10-8-17/h5-10,13,16H,11-12H2,1-4H3/t16-/m1/s1. The molecule has 3 rings (SSSR count). The molecule has 0 fully saturated rings. The maximum Gasteiger partial charge on any atom is 0.192 e. The molecule has 29 heavy (non-hydrogen) atoms. The van der Waals surface area contributed by atoms with Gasteiger partial charge in [-0.1, -0.05) is 41.1 Å². The van der Waals surface area contributed by atoms with Crippen molar-refractivity contribution in [3.8, 4) is 11.4 Å². The van der Waals surface area contributed by atoms with Gasteiger partial charge in [-0.15, -0.1) is 10.2 Å². The van der Waals surface area contributed by atoms with Crippen LogP contribution in [0.5, 0.6) is 0 Å². The quantitative estimate of drug-likeness (QED) is 0.362. The highest BCUT2D eigenvalue weighted by Crippen LogP contribution is 2.29. The third-order valence-electron chi connectivity index (χ3n) is 4.65. The molecule has 0 saturated carbocycles. The molecule has 1 aromatic heterocycles. The zero-order valence-electron chi connectivity index (χ0n) is 17.0. The molecule has 0 bridgehead atoms. The van der Waals surface area contributed by atoms with Crippen LogP contribution in [0.3, 0.4) is 0 Å². The van der Waals surface area contributed by atoms with Gasteiger partial charge in [0.15, 0.2) is 16.8 Å². The van der Waals surface area contributed by atoms with Crippen molar-refractivity contribution in [2.24, 2.45) is 0 Å². The molecule has 0 spiro atoms. The Bertz CT molecular complexity index is 1000. The predicted octanol–water partition coefficient (Wildman–Crippen LogP) is 5.23. The van der Waals surface area contributed by atoms with E-state index in [0.717, 1.165) is 28.1 Å². The molecule has 152 valence electrons. The number of halogens is 1. The van der Waals surface area contributed by atoms with E-state index >= 15 is 0 Å². The number of ketones is 1. The molecular formula is C22H24ClN3O2S. The number of thioether (sulfide) groups is 1. The molecule has 3 aromatic rings. The van der Waals surface area contributed by atoms with Gasteiger partial charge in [-0.2, -0.15) is 0 Å². The Morgan fingerprint density at radius 1 is 1.17 bits per heavy atom. The molecule has 0 saturated heterocycles. The number of carbonyl (C=O) groups is 1. The van der Waals surface area contributed by atoms with Crippen LogP contribution in [-0.2, 0) is 11.3 Å². The van der Waals surface area contributed by atoms with Crippen molar-refractivity contribution in [2.75, 3.05) is 13.7 Å². The maximum absolute atomic E-state index is 13.0. The zero-order valence-corrected chi connectivity index (χ0v) is 18.5. The Kier molecular flexibility index (Phi) is 7.11. The first kappa shape index (κ1) is 21.6. The summed E-state index contributed by atoms with van der Waals surface area (Å²) < 4.78 is 7.25. The normalized spacial score (nSPS) is 12.2. The van der Waals surface area contributed by atoms with Gasteiger partial charge in [0.1, 0.15) is 0 Å². The number of methoxy groups -OCH3 is 1. The van der Waals surface area contributed by atoms with Crippen LogP contribution in [-0.4, -0.2) is 39.5 Å². The summed E-state index contributed by atoms with van der Waals surface area (Å²) in [6, 6.07) is 13.4. The highest BCUT2D eigenvalue weighted by Gasteiger charge is 2.23. The largest absolute Gasteiger partial charge is 0.383 e. The summed E-state index contributed by atoms with van der Waals surface area (Å²) in [5.74, 6) is 0.818. The van der Waals surface area contributed by atoms with Gasteiger partial charge in [0, 0.05) is 23.3 Å². The monoisotopic (exact) mass is 429 g/mol. The van der Waals surface area contributed by atoms with Crippen LogP contribution in [0.4, 0.5) is 0 Å². The fraction of sp³-hybridized carbons (Fsp3) is 0.318. The Hall–Kier alpha value is -2.15. The first-order chi connectivity index (χ1) is 13.9. The van der Waals surface area contributed by atoms with E-state index in [9.17, 15) is 4.79 Å². The number of aromatic nitrogens is 3. The summed E-state index contributed by atoms with van der Waals surface area (Å²) >= 11 is 7.42. The van der Waals surface area contributed by atoms with Crippen molar-refractivity contribution in [1.29, 1.82) is 0 Å². The third-order valence-corrected chi connectivity index (χ3v) is 5.98. The molecule has 2 aromatic carbocycles. The topological polar surface area (TPSA) is 57.0 Å². The fourth-order valence-electron chi connectivity index (χ4n) is 3.00. The van der Waals surface area contributed by atoms with E-state index in [1.165, 1.54) is 11.8 Å². The Balaban J connectivity index is 1.88. The van der Waals surface area contributed by atoms with Gasteiger partial charge in [-0.3, -0.25) is 9.36 Å². The second-order valence-corrected chi connectivity index (χ2v) is 8.64. The second kappa shape index (κ2) is 9.57. The van der Waals surface area contributed by atoms with E-state index in [-0.39, 0.29) is 11.0 Å². The number of aryl methyl sites for hydroxylation is 2. The van der Waals surface area contributed by atoms with Crippen molar-refractivity contribution in [3.05, 3.63) is 64.2 Å². The van der Waals surface area contributed by atoms with Crippen LogP contribution >= 0.6 is 23.4 Å². The number of rotatable bonds is 8. The van der Waals surface area contributed by atoms with Gasteiger partial charge >= 0.3 is 0 Å². The van der Waals surface area contributed by atoms with E-state index in [4.69, 9.17) is 16.3 Å². The summed E-state index contributed by atoms with van der Waals surface area (Å²) in [6.45, 7) is 6.98. The first-order valence-corrected chi connectivity index (χ1v) is 10.6. The molecular weight excluding hydrogens is 406 g/mol. The lowest BCUT2D eigenvalue weighted by Gasteiger charge is -2.14. The third kappa shape index (κ3) is 5.07. The lowest BCUT2D eigenvalue weighted by atomic mass is 10.0. The number of ether oxygens (including phenoxy) is 1. The summed E-state index contributed by atoms with van der Waals surface area (Å²) in [6.07, 6.45) is 0. The Morgan fingerprint density at radius 2 is 1.90 bits per heavy atom. The van der Waals surface area contributed by atoms with Gasteiger partial charge in [0.2, 0.25) is 0 Å². The lowest BCUT2D eigenvalue weighted by molar-refractivity contribution is 0.0993. The van der Waals surface area contributed by atoms with E-state index in [2.05, 4.69) is 10.2 Å². The molecule has 0 radical (unpaired) electrons. The molecule has 1 atom stereocenters. The zero-order chi connectivity index (χ0) is 21.0. The van der Waals surface area contributed by atoms with Gasteiger partial charge in [0.25, 0.3) is 0 Å². The van der Waals surface area contributed by atoms with Crippen molar-refractivity contribution < 1.29 is 9.53 Å². The number of hydrogen-bond donors (Lipinski definition) is 0. The van der Waals surface area contributed by atoms with Gasteiger partial charge in [0.05, 0.1) is 18.4 Å². The second-order valence-electron chi connectivity index (χ2n) is 6.90. The molecule has 1 heterocycles. The van der Waals surface area contributed by atoms with Crippen molar-refractivity contribution in [2.45, 2.75) is 37.7 Å². The molecule has 7 heteroatoms. The Labute approximate surface area is 180 Å². The van der Waals surface area contributed by atoms with Gasteiger partial charge in [-0.25, -0.2) is 0 Å². The van der Waals surface area contributed by atoms with Gasteiger partial charge < -0.3 is 4.74 Å². The highest BCUT2D eigenvalue weighted by atomic mass is 35.5. The van der Waals surface area contributed by atoms with Crippen LogP contribution in [0.25, 0.3) is 11.4 Å². The number of hydrogen-bond acceptors (Lipinski definition) is 5. The molecule has 0 aliphatic carbocycles. The van der Waals surface area contributed by atoms with E-state index < -0.39 is 0 Å². The summed E-state index contributed by atoms with van der Waals surface area (Å²) in [5.41, 5.74) is 3.73. The summed E-state index contributed by atoms with van der Waals surface area (Å²) in [7, 11) is 1.66. The number of benzene rings is 2. The molecule has 5 nitrogen and oxygen atoms in total. The van der Waals surface area contributed by atoms with E-state index in [1.54, 1.807) is 7.11 Å². The van der Waals surface area contributed by atoms with Crippen molar-refractivity contribution >= 4 is 29.1 Å². The van der Waals surface area contributed by atoms with Gasteiger partial charge in [-0.05, 0) is 56.7 Å². The smallest absolute Gasteiger partial charge is 0.192 e. The fourth-order valence-corrected chi connectivity index (χ4v) is 4.07. The van der Waals surface area contributed by atoms with Crippen LogP contribution in [0.2, 0.25) is 5.02 Å². The van der Waals surface area contributed by atoms with Crippen LogP contribution in [0, 0.1) is 13.8 Å². The van der Waals surface area contributed by atoms with Crippen LogP contribution in [0.15, 0.2) is 47.6 Å². The molecule has 0 aliphatic heterocycles. The number of Topliss-reactive ketones (excluding diaryl/α,β-unsaturated/α-hetero) is 1. The minimum atomic E-state index is -0.293. The first-order valence-electron chi connectivity index (χ1n) is 9.37. The Morgan fingerprint density at radius 3 is 2.59 bits per heavy atom. The molecule has 0 amide bonds. The minimum Gasteiger partial charge on any atom is -0.383 e. The van der Waals surface area contributed by atoms with Crippen molar-refractivity contribution in [1.82, 2.24) is 14.8 Å². The van der Waals surface area contributed by atoms with Crippen LogP contribution < -0.4 is 0 Å². The summed E-state index contributed by atoms with van der Waals surface area (Å²) in [5, 5.41) is 9.79.